The Bertz CT molecular complexity index is 892. The molecule has 0 saturated carbocycles. The van der Waals surface area contributed by atoms with Gasteiger partial charge in [-0.2, -0.15) is 26.3 Å². The quantitative estimate of drug-likeness (QED) is 0.284. The molecule has 0 bridgehead atoms. The van der Waals surface area contributed by atoms with Crippen LogP contribution in [0.4, 0.5) is 26.3 Å². The van der Waals surface area contributed by atoms with Crippen molar-refractivity contribution in [1.29, 1.82) is 0 Å². The maximum atomic E-state index is 12.8. The zero-order valence-corrected chi connectivity index (χ0v) is 16.9. The van der Waals surface area contributed by atoms with E-state index >= 15 is 0 Å². The predicted molar refractivity (Wildman–Crippen MR) is 102 cm³/mol. The second-order valence-electron chi connectivity index (χ2n) is 5.81. The van der Waals surface area contributed by atoms with Crippen molar-refractivity contribution in [2.45, 2.75) is 32.5 Å². The molecule has 0 radical (unpaired) electrons. The smallest absolute Gasteiger partial charge is 0.166 e. The predicted octanol–water partition coefficient (Wildman–Crippen LogP) is 7.16. The number of thioether (sulfide) groups is 2. The van der Waals surface area contributed by atoms with Crippen LogP contribution in [0.15, 0.2) is 57.2 Å². The fraction of sp³-hybridized carbons (Fsp3) is 0.222. The molecule has 1 aromatic heterocycles. The van der Waals surface area contributed by atoms with E-state index in [1.54, 1.807) is 12.1 Å². The Kier molecular flexibility index (Phi) is 6.79. The lowest BCUT2D eigenvalue weighted by atomic mass is 10.1. The third-order valence-electron chi connectivity index (χ3n) is 3.62. The molecule has 11 heteroatoms. The van der Waals surface area contributed by atoms with Gasteiger partial charge in [-0.3, -0.25) is 0 Å². The summed E-state index contributed by atoms with van der Waals surface area (Å²) in [6, 6.07) is 10.1. The van der Waals surface area contributed by atoms with Crippen molar-refractivity contribution < 1.29 is 26.3 Å². The van der Waals surface area contributed by atoms with Crippen LogP contribution in [-0.4, -0.2) is 10.2 Å². The number of halogens is 6. The van der Waals surface area contributed by atoms with Crippen molar-refractivity contribution in [3.8, 4) is 0 Å². The van der Waals surface area contributed by atoms with Crippen LogP contribution in [0.2, 0.25) is 0 Å². The molecule has 0 spiro atoms. The molecule has 154 valence electrons. The van der Waals surface area contributed by atoms with Gasteiger partial charge in [0.05, 0.1) is 11.1 Å². The number of aromatic nitrogens is 2. The minimum atomic E-state index is -4.39. The maximum Gasteiger partial charge on any atom is 0.416 e. The minimum Gasteiger partial charge on any atom is -0.166 e. The molecule has 0 aliphatic heterocycles. The van der Waals surface area contributed by atoms with Gasteiger partial charge in [-0.25, -0.2) is 0 Å². The van der Waals surface area contributed by atoms with E-state index in [0.29, 0.717) is 31.3 Å². The van der Waals surface area contributed by atoms with Crippen LogP contribution in [0, 0.1) is 0 Å². The van der Waals surface area contributed by atoms with Crippen LogP contribution in [0.5, 0.6) is 0 Å². The largest absolute Gasteiger partial charge is 0.416 e. The maximum absolute atomic E-state index is 12.8. The molecule has 0 amide bonds. The van der Waals surface area contributed by atoms with Crippen molar-refractivity contribution in [1.82, 2.24) is 10.2 Å². The van der Waals surface area contributed by atoms with Gasteiger partial charge in [0.15, 0.2) is 8.68 Å². The molecular formula is C18H12F6N2S3. The van der Waals surface area contributed by atoms with Gasteiger partial charge in [-0.05, 0) is 23.3 Å². The van der Waals surface area contributed by atoms with Crippen LogP contribution in [0.25, 0.3) is 0 Å². The van der Waals surface area contributed by atoms with Crippen molar-refractivity contribution in [2.24, 2.45) is 0 Å². The van der Waals surface area contributed by atoms with Gasteiger partial charge in [0, 0.05) is 11.5 Å². The lowest BCUT2D eigenvalue weighted by Gasteiger charge is -2.08. The summed E-state index contributed by atoms with van der Waals surface area (Å²) in [6.45, 7) is 0. The van der Waals surface area contributed by atoms with Gasteiger partial charge in [0.25, 0.3) is 0 Å². The third kappa shape index (κ3) is 6.38. The normalized spacial score (nSPS) is 12.3. The van der Waals surface area contributed by atoms with Gasteiger partial charge in [-0.15, -0.1) is 10.2 Å². The topological polar surface area (TPSA) is 25.8 Å². The van der Waals surface area contributed by atoms with Crippen LogP contribution in [0.3, 0.4) is 0 Å². The zero-order valence-electron chi connectivity index (χ0n) is 14.4. The highest BCUT2D eigenvalue weighted by molar-refractivity contribution is 8.02. The summed E-state index contributed by atoms with van der Waals surface area (Å²) >= 11 is 3.76. The van der Waals surface area contributed by atoms with E-state index in [1.807, 2.05) is 0 Å². The highest BCUT2D eigenvalue weighted by atomic mass is 32.2. The average Bonchev–Trinajstić information content (AvgIpc) is 3.12. The van der Waals surface area contributed by atoms with E-state index < -0.39 is 23.5 Å². The molecule has 0 fully saturated rings. The number of hydrogen-bond donors (Lipinski definition) is 0. The van der Waals surface area contributed by atoms with E-state index in [2.05, 4.69) is 10.2 Å². The Morgan fingerprint density at radius 2 is 1.10 bits per heavy atom. The van der Waals surface area contributed by atoms with Gasteiger partial charge in [-0.1, -0.05) is 71.3 Å². The summed E-state index contributed by atoms with van der Waals surface area (Å²) in [7, 11) is 0. The summed E-state index contributed by atoms with van der Waals surface area (Å²) in [5.41, 5.74) is -0.383. The van der Waals surface area contributed by atoms with E-state index in [-0.39, 0.29) is 0 Å². The summed E-state index contributed by atoms with van der Waals surface area (Å²) < 4.78 is 77.7. The van der Waals surface area contributed by atoms with Crippen LogP contribution in [0.1, 0.15) is 22.3 Å². The molecule has 2 aromatic carbocycles. The first-order valence-electron chi connectivity index (χ1n) is 8.02. The Hall–Kier alpha value is -1.72. The second kappa shape index (κ2) is 8.97. The molecule has 29 heavy (non-hydrogen) atoms. The molecule has 0 N–H and O–H groups in total. The summed E-state index contributed by atoms with van der Waals surface area (Å²) in [6.07, 6.45) is -8.78. The molecule has 1 heterocycles. The number of alkyl halides is 6. The monoisotopic (exact) mass is 466 g/mol. The van der Waals surface area contributed by atoms with Gasteiger partial charge in [0.2, 0.25) is 0 Å². The van der Waals surface area contributed by atoms with Crippen molar-refractivity contribution in [3.05, 3.63) is 70.8 Å². The fourth-order valence-electron chi connectivity index (χ4n) is 2.28. The van der Waals surface area contributed by atoms with Crippen LogP contribution in [-0.2, 0) is 23.9 Å². The van der Waals surface area contributed by atoms with Crippen molar-refractivity contribution >= 4 is 34.9 Å². The SMILES string of the molecule is FC(F)(F)c1cccc(CSc2nnc(SCc3cccc(C(F)(F)F)c3)s2)c1. The summed E-state index contributed by atoms with van der Waals surface area (Å²) in [5.74, 6) is 0.605. The highest BCUT2D eigenvalue weighted by Crippen LogP contribution is 2.35. The summed E-state index contributed by atoms with van der Waals surface area (Å²) in [4.78, 5) is 0. The van der Waals surface area contributed by atoms with E-state index in [9.17, 15) is 26.3 Å². The van der Waals surface area contributed by atoms with Crippen LogP contribution < -0.4 is 0 Å². The fourth-order valence-corrected chi connectivity index (χ4v) is 5.18. The first-order valence-corrected chi connectivity index (χ1v) is 10.8. The van der Waals surface area contributed by atoms with E-state index in [4.69, 9.17) is 0 Å². The molecule has 0 saturated heterocycles. The van der Waals surface area contributed by atoms with Gasteiger partial charge in [0.1, 0.15) is 0 Å². The van der Waals surface area contributed by atoms with E-state index in [1.165, 1.54) is 47.0 Å². The molecule has 3 rings (SSSR count). The Morgan fingerprint density at radius 1 is 0.690 bits per heavy atom. The van der Waals surface area contributed by atoms with Crippen molar-refractivity contribution in [2.75, 3.05) is 0 Å². The average molecular weight is 466 g/mol. The Balaban J connectivity index is 1.56. The first-order chi connectivity index (χ1) is 13.6. The third-order valence-corrected chi connectivity index (χ3v) is 6.95. The van der Waals surface area contributed by atoms with Crippen LogP contribution >= 0.6 is 34.9 Å². The Labute approximate surface area is 174 Å². The molecule has 0 atom stereocenters. The standard InChI is InChI=1S/C18H12F6N2S3/c19-17(20,21)13-5-1-3-11(7-13)9-27-15-25-26-16(29-15)28-10-12-4-2-6-14(8-12)18(22,23)24/h1-8H,9-10H2. The number of rotatable bonds is 6. The van der Waals surface area contributed by atoms with E-state index in [0.717, 1.165) is 24.3 Å². The molecule has 0 aliphatic rings. The molecule has 3 aromatic rings. The lowest BCUT2D eigenvalue weighted by Crippen LogP contribution is -2.04. The highest BCUT2D eigenvalue weighted by Gasteiger charge is 2.31. The zero-order chi connectivity index (χ0) is 21.1. The Morgan fingerprint density at radius 3 is 1.48 bits per heavy atom. The number of hydrogen-bond acceptors (Lipinski definition) is 5. The number of nitrogens with zero attached hydrogens (tertiary/aromatic N) is 2. The second-order valence-corrected chi connectivity index (χ2v) is 9.23. The summed E-state index contributed by atoms with van der Waals surface area (Å²) in [5, 5.41) is 7.96. The first kappa shape index (κ1) is 22.0. The molecule has 0 aliphatic carbocycles. The van der Waals surface area contributed by atoms with Gasteiger partial charge < -0.3 is 0 Å². The minimum absolute atomic E-state index is 0.302. The van der Waals surface area contributed by atoms with Crippen molar-refractivity contribution in [3.63, 3.8) is 0 Å². The lowest BCUT2D eigenvalue weighted by molar-refractivity contribution is -0.138. The molecular weight excluding hydrogens is 454 g/mol. The molecule has 2 nitrogen and oxygen atoms in total. The molecule has 0 unspecified atom stereocenters. The number of benzene rings is 2. The van der Waals surface area contributed by atoms with Gasteiger partial charge >= 0.3 is 12.4 Å².